The molecule has 21 heavy (non-hydrogen) atoms. The number of nitrogens with one attached hydrogen (secondary N) is 1. The van der Waals surface area contributed by atoms with Crippen LogP contribution in [0.5, 0.6) is 0 Å². The van der Waals surface area contributed by atoms with Crippen LogP contribution in [0.3, 0.4) is 0 Å². The number of nitrogens with zero attached hydrogens (tertiary/aromatic N) is 2. The molecule has 2 N–H and O–H groups in total. The maximum absolute atomic E-state index is 12.1. The summed E-state index contributed by atoms with van der Waals surface area (Å²) in [6.45, 7) is 0.534. The van der Waals surface area contributed by atoms with Gasteiger partial charge in [-0.1, -0.05) is 0 Å². The van der Waals surface area contributed by atoms with E-state index in [9.17, 15) is 9.90 Å². The van der Waals surface area contributed by atoms with Crippen LogP contribution in [0.2, 0.25) is 0 Å². The molecule has 5 heteroatoms. The fourth-order valence-electron chi connectivity index (χ4n) is 3.70. The Balaban J connectivity index is 1.64. The monoisotopic (exact) mass is 289 g/mol. The smallest absolute Gasteiger partial charge is 0.326 e. The van der Waals surface area contributed by atoms with Gasteiger partial charge in [-0.2, -0.15) is 0 Å². The molecule has 1 heterocycles. The molecule has 5 nitrogen and oxygen atoms in total. The van der Waals surface area contributed by atoms with Crippen LogP contribution in [-0.2, 0) is 24.2 Å². The fraction of sp³-hybridized carbons (Fsp3) is 0.750. The number of fused-ring (bicyclic) bond motifs is 1. The number of carboxylic acid groups (broad SMARTS) is 1. The zero-order valence-corrected chi connectivity index (χ0v) is 12.3. The Labute approximate surface area is 124 Å². The summed E-state index contributed by atoms with van der Waals surface area (Å²) in [5, 5.41) is 13.4. The van der Waals surface area contributed by atoms with Crippen LogP contribution in [0.1, 0.15) is 49.9 Å². The molecule has 0 spiro atoms. The van der Waals surface area contributed by atoms with Crippen molar-refractivity contribution in [2.24, 2.45) is 5.92 Å². The lowest BCUT2D eigenvalue weighted by molar-refractivity contribution is -0.147. The first-order chi connectivity index (χ1) is 10.2. The third kappa shape index (κ3) is 2.37. The van der Waals surface area contributed by atoms with Gasteiger partial charge >= 0.3 is 5.97 Å². The highest BCUT2D eigenvalue weighted by molar-refractivity contribution is 5.80. The normalized spacial score (nSPS) is 24.4. The van der Waals surface area contributed by atoms with Crippen LogP contribution in [-0.4, -0.2) is 32.2 Å². The number of aryl methyl sites for hydroxylation is 1. The highest BCUT2D eigenvalue weighted by atomic mass is 16.4. The Morgan fingerprint density at radius 3 is 2.76 bits per heavy atom. The van der Waals surface area contributed by atoms with Crippen molar-refractivity contribution in [3.63, 3.8) is 0 Å². The molecule has 2 saturated carbocycles. The van der Waals surface area contributed by atoms with Gasteiger partial charge < -0.3 is 9.67 Å². The zero-order chi connectivity index (χ0) is 14.4. The van der Waals surface area contributed by atoms with Crippen molar-refractivity contribution in [2.45, 2.75) is 69.5 Å². The molecule has 114 valence electrons. The van der Waals surface area contributed by atoms with E-state index in [2.05, 4.69) is 14.9 Å². The van der Waals surface area contributed by atoms with Gasteiger partial charge in [0, 0.05) is 11.7 Å². The molecule has 0 amide bonds. The summed E-state index contributed by atoms with van der Waals surface area (Å²) >= 11 is 0. The van der Waals surface area contributed by atoms with Crippen molar-refractivity contribution in [1.29, 1.82) is 0 Å². The third-order valence-electron chi connectivity index (χ3n) is 5.22. The predicted octanol–water partition coefficient (Wildman–Crippen LogP) is 1.75. The number of carbonyl (C=O) groups is 1. The van der Waals surface area contributed by atoms with Crippen molar-refractivity contribution in [3.8, 4) is 0 Å². The van der Waals surface area contributed by atoms with Gasteiger partial charge in [-0.05, 0) is 57.3 Å². The first-order valence-corrected chi connectivity index (χ1v) is 8.23. The van der Waals surface area contributed by atoms with Gasteiger partial charge in [0.05, 0.1) is 18.6 Å². The standard InChI is InChI=1S/C16H23N3O2/c20-15(21)16(11-5-6-11,18-12-7-8-12)9-19-10-17-13-3-1-2-4-14(13)19/h10-12,18H,1-9H2,(H,20,21). The average Bonchev–Trinajstić information content (AvgIpc) is 3.37. The molecule has 1 aromatic rings. The minimum Gasteiger partial charge on any atom is -0.480 e. The number of hydrogen-bond donors (Lipinski definition) is 2. The van der Waals surface area contributed by atoms with Crippen molar-refractivity contribution >= 4 is 5.97 Å². The summed E-state index contributed by atoms with van der Waals surface area (Å²) in [6.07, 6.45) is 10.6. The minimum absolute atomic E-state index is 0.275. The average molecular weight is 289 g/mol. The van der Waals surface area contributed by atoms with E-state index in [1.54, 1.807) is 0 Å². The lowest BCUT2D eigenvalue weighted by atomic mass is 9.92. The Morgan fingerprint density at radius 2 is 2.10 bits per heavy atom. The van der Waals surface area contributed by atoms with E-state index in [4.69, 9.17) is 0 Å². The first kappa shape index (κ1) is 13.3. The molecule has 0 saturated heterocycles. The maximum Gasteiger partial charge on any atom is 0.326 e. The molecular weight excluding hydrogens is 266 g/mol. The van der Waals surface area contributed by atoms with Gasteiger partial charge in [-0.25, -0.2) is 4.98 Å². The van der Waals surface area contributed by atoms with Gasteiger partial charge in [0.25, 0.3) is 0 Å². The molecule has 1 atom stereocenters. The van der Waals surface area contributed by atoms with Crippen LogP contribution in [0.4, 0.5) is 0 Å². The molecule has 4 rings (SSSR count). The summed E-state index contributed by atoms with van der Waals surface area (Å²) < 4.78 is 2.12. The van der Waals surface area contributed by atoms with Crippen molar-refractivity contribution < 1.29 is 9.90 Å². The van der Waals surface area contributed by atoms with E-state index in [0.29, 0.717) is 12.6 Å². The van der Waals surface area contributed by atoms with Gasteiger partial charge in [0.2, 0.25) is 0 Å². The highest BCUT2D eigenvalue weighted by Crippen LogP contribution is 2.43. The largest absolute Gasteiger partial charge is 0.480 e. The van der Waals surface area contributed by atoms with E-state index in [0.717, 1.165) is 38.5 Å². The molecule has 3 aliphatic carbocycles. The van der Waals surface area contributed by atoms with Gasteiger partial charge in [0.1, 0.15) is 5.54 Å². The van der Waals surface area contributed by atoms with Crippen LogP contribution in [0, 0.1) is 5.92 Å². The predicted molar refractivity (Wildman–Crippen MR) is 78.1 cm³/mol. The van der Waals surface area contributed by atoms with Crippen LogP contribution >= 0.6 is 0 Å². The van der Waals surface area contributed by atoms with E-state index in [-0.39, 0.29) is 5.92 Å². The molecule has 0 radical (unpaired) electrons. The fourth-order valence-corrected chi connectivity index (χ4v) is 3.70. The van der Waals surface area contributed by atoms with Crippen molar-refractivity contribution in [1.82, 2.24) is 14.9 Å². The summed E-state index contributed by atoms with van der Waals surface area (Å²) in [4.78, 5) is 16.6. The Bertz CT molecular complexity index is 560. The molecule has 1 unspecified atom stereocenters. The minimum atomic E-state index is -0.785. The number of aromatic nitrogens is 2. The van der Waals surface area contributed by atoms with Gasteiger partial charge in [-0.15, -0.1) is 0 Å². The quantitative estimate of drug-likeness (QED) is 0.837. The maximum atomic E-state index is 12.1. The third-order valence-corrected chi connectivity index (χ3v) is 5.22. The highest BCUT2D eigenvalue weighted by Gasteiger charge is 2.53. The van der Waals surface area contributed by atoms with Crippen molar-refractivity contribution in [2.75, 3.05) is 0 Å². The second kappa shape index (κ2) is 4.83. The number of imidazole rings is 1. The van der Waals surface area contributed by atoms with Crippen LogP contribution in [0.25, 0.3) is 0 Å². The Kier molecular flexibility index (Phi) is 3.06. The second-order valence-corrected chi connectivity index (χ2v) is 6.94. The zero-order valence-electron chi connectivity index (χ0n) is 12.3. The lowest BCUT2D eigenvalue weighted by Crippen LogP contribution is -2.58. The molecule has 0 aliphatic heterocycles. The van der Waals surface area contributed by atoms with E-state index >= 15 is 0 Å². The number of carboxylic acids is 1. The summed E-state index contributed by atoms with van der Waals surface area (Å²) in [7, 11) is 0. The van der Waals surface area contributed by atoms with Crippen molar-refractivity contribution in [3.05, 3.63) is 17.7 Å². The number of aliphatic carboxylic acids is 1. The van der Waals surface area contributed by atoms with Crippen LogP contribution in [0.15, 0.2) is 6.33 Å². The summed E-state index contributed by atoms with van der Waals surface area (Å²) in [6, 6.07) is 0.404. The summed E-state index contributed by atoms with van der Waals surface area (Å²) in [5.74, 6) is -0.410. The molecule has 3 aliphatic rings. The molecule has 0 bridgehead atoms. The van der Waals surface area contributed by atoms with E-state index in [1.165, 1.54) is 24.2 Å². The first-order valence-electron chi connectivity index (χ1n) is 8.23. The second-order valence-electron chi connectivity index (χ2n) is 6.94. The number of hydrogen-bond acceptors (Lipinski definition) is 3. The Morgan fingerprint density at radius 1 is 1.33 bits per heavy atom. The van der Waals surface area contributed by atoms with Crippen LogP contribution < -0.4 is 5.32 Å². The Hall–Kier alpha value is -1.36. The van der Waals surface area contributed by atoms with E-state index in [1.807, 2.05) is 6.33 Å². The lowest BCUT2D eigenvalue weighted by Gasteiger charge is -2.32. The summed E-state index contributed by atoms with van der Waals surface area (Å²) in [5.41, 5.74) is 1.67. The van der Waals surface area contributed by atoms with Gasteiger partial charge in [-0.3, -0.25) is 10.1 Å². The molecule has 1 aromatic heterocycles. The SMILES string of the molecule is O=C(O)C(Cn1cnc2c1CCCC2)(NC1CC1)C1CC1. The number of rotatable bonds is 6. The molecule has 2 fully saturated rings. The topological polar surface area (TPSA) is 67.1 Å². The molecular formula is C16H23N3O2. The molecule has 0 aromatic carbocycles. The van der Waals surface area contributed by atoms with Gasteiger partial charge in [0.15, 0.2) is 0 Å². The van der Waals surface area contributed by atoms with E-state index < -0.39 is 11.5 Å².